The molecular weight excluding hydrogens is 256 g/mol. The topological polar surface area (TPSA) is 35.8 Å². The first kappa shape index (κ1) is 13.5. The van der Waals surface area contributed by atoms with Crippen LogP contribution in [-0.2, 0) is 0 Å². The van der Waals surface area contributed by atoms with Crippen LogP contribution >= 0.6 is 11.6 Å². The van der Waals surface area contributed by atoms with Crippen molar-refractivity contribution in [3.8, 4) is 6.07 Å². The zero-order valence-electron chi connectivity index (χ0n) is 10.9. The lowest BCUT2D eigenvalue weighted by Crippen LogP contribution is -2.10. The SMILES string of the molecule is Cc1ccc(C(C#N)Nc2cccc(Cl)c2)c(C)c1. The molecule has 0 heterocycles. The minimum absolute atomic E-state index is 0.376. The zero-order valence-corrected chi connectivity index (χ0v) is 11.7. The maximum Gasteiger partial charge on any atom is 0.140 e. The van der Waals surface area contributed by atoms with Crippen molar-refractivity contribution in [3.63, 3.8) is 0 Å². The Hall–Kier alpha value is -1.98. The van der Waals surface area contributed by atoms with Gasteiger partial charge in [-0.1, -0.05) is 41.4 Å². The summed E-state index contributed by atoms with van der Waals surface area (Å²) in [5, 5.41) is 13.2. The molecule has 2 nitrogen and oxygen atoms in total. The van der Waals surface area contributed by atoms with Crippen LogP contribution in [0, 0.1) is 25.2 Å². The van der Waals surface area contributed by atoms with Crippen LogP contribution in [0.2, 0.25) is 5.02 Å². The van der Waals surface area contributed by atoms with E-state index in [0.29, 0.717) is 5.02 Å². The van der Waals surface area contributed by atoms with Gasteiger partial charge in [0.05, 0.1) is 6.07 Å². The summed E-state index contributed by atoms with van der Waals surface area (Å²) in [6.45, 7) is 4.06. The molecule has 1 unspecified atom stereocenters. The Bertz CT molecular complexity index is 629. The molecule has 0 aliphatic carbocycles. The quantitative estimate of drug-likeness (QED) is 0.882. The van der Waals surface area contributed by atoms with Gasteiger partial charge < -0.3 is 5.32 Å². The largest absolute Gasteiger partial charge is 0.366 e. The van der Waals surface area contributed by atoms with E-state index in [4.69, 9.17) is 11.6 Å². The highest BCUT2D eigenvalue weighted by Gasteiger charge is 2.12. The summed E-state index contributed by atoms with van der Waals surface area (Å²) >= 11 is 5.95. The number of halogens is 1. The van der Waals surface area contributed by atoms with Crippen LogP contribution in [-0.4, -0.2) is 0 Å². The Labute approximate surface area is 118 Å². The van der Waals surface area contributed by atoms with Crippen molar-refractivity contribution in [3.05, 3.63) is 64.2 Å². The molecule has 0 aliphatic rings. The highest BCUT2D eigenvalue weighted by Crippen LogP contribution is 2.24. The predicted molar refractivity (Wildman–Crippen MR) is 79.3 cm³/mol. The number of nitrogens with one attached hydrogen (secondary N) is 1. The van der Waals surface area contributed by atoms with E-state index in [1.807, 2.05) is 50.2 Å². The number of nitriles is 1. The van der Waals surface area contributed by atoms with Crippen molar-refractivity contribution in [2.75, 3.05) is 5.32 Å². The van der Waals surface area contributed by atoms with Gasteiger partial charge in [0.15, 0.2) is 0 Å². The van der Waals surface area contributed by atoms with Gasteiger partial charge in [0.1, 0.15) is 6.04 Å². The van der Waals surface area contributed by atoms with Gasteiger partial charge in [-0.05, 0) is 43.2 Å². The van der Waals surface area contributed by atoms with Gasteiger partial charge in [-0.15, -0.1) is 0 Å². The molecule has 2 rings (SSSR count). The number of hydrogen-bond acceptors (Lipinski definition) is 2. The third kappa shape index (κ3) is 3.27. The average Bonchev–Trinajstić information content (AvgIpc) is 2.37. The fourth-order valence-electron chi connectivity index (χ4n) is 2.07. The molecule has 0 amide bonds. The fraction of sp³-hybridized carbons (Fsp3) is 0.188. The summed E-state index contributed by atoms with van der Waals surface area (Å²) in [4.78, 5) is 0. The molecule has 0 radical (unpaired) electrons. The second kappa shape index (κ2) is 5.77. The molecule has 0 saturated heterocycles. The van der Waals surface area contributed by atoms with Gasteiger partial charge in [-0.2, -0.15) is 5.26 Å². The maximum absolute atomic E-state index is 9.36. The summed E-state index contributed by atoms with van der Waals surface area (Å²) < 4.78 is 0. The first-order valence-corrected chi connectivity index (χ1v) is 6.47. The number of rotatable bonds is 3. The molecular formula is C16H15ClN2. The molecule has 1 N–H and O–H groups in total. The van der Waals surface area contributed by atoms with E-state index in [-0.39, 0.29) is 6.04 Å². The van der Waals surface area contributed by atoms with Crippen molar-refractivity contribution in [2.24, 2.45) is 0 Å². The molecule has 2 aromatic rings. The first-order valence-electron chi connectivity index (χ1n) is 6.09. The Kier molecular flexibility index (Phi) is 4.09. The summed E-state index contributed by atoms with van der Waals surface area (Å²) in [5.74, 6) is 0. The average molecular weight is 271 g/mol. The zero-order chi connectivity index (χ0) is 13.8. The number of nitrogens with zero attached hydrogens (tertiary/aromatic N) is 1. The number of benzene rings is 2. The highest BCUT2D eigenvalue weighted by atomic mass is 35.5. The molecule has 0 bridgehead atoms. The highest BCUT2D eigenvalue weighted by molar-refractivity contribution is 6.30. The van der Waals surface area contributed by atoms with Crippen molar-refractivity contribution < 1.29 is 0 Å². The van der Waals surface area contributed by atoms with Crippen molar-refractivity contribution in [1.29, 1.82) is 5.26 Å². The molecule has 0 saturated carbocycles. The van der Waals surface area contributed by atoms with E-state index in [2.05, 4.69) is 17.5 Å². The predicted octanol–water partition coefficient (Wildman–Crippen LogP) is 4.63. The summed E-state index contributed by atoms with van der Waals surface area (Å²) in [7, 11) is 0. The van der Waals surface area contributed by atoms with Crippen LogP contribution in [0.15, 0.2) is 42.5 Å². The molecule has 0 aromatic heterocycles. The van der Waals surface area contributed by atoms with Crippen LogP contribution in [0.3, 0.4) is 0 Å². The smallest absolute Gasteiger partial charge is 0.140 e. The Morgan fingerprint density at radius 1 is 1.16 bits per heavy atom. The number of hydrogen-bond donors (Lipinski definition) is 1. The summed E-state index contributed by atoms with van der Waals surface area (Å²) in [6.07, 6.45) is 0. The van der Waals surface area contributed by atoms with E-state index in [1.165, 1.54) is 5.56 Å². The molecule has 96 valence electrons. The van der Waals surface area contributed by atoms with Gasteiger partial charge in [-0.3, -0.25) is 0 Å². The van der Waals surface area contributed by atoms with Crippen LogP contribution in [0.1, 0.15) is 22.7 Å². The van der Waals surface area contributed by atoms with Crippen molar-refractivity contribution in [2.45, 2.75) is 19.9 Å². The maximum atomic E-state index is 9.36. The Morgan fingerprint density at radius 3 is 2.58 bits per heavy atom. The van der Waals surface area contributed by atoms with E-state index in [1.54, 1.807) is 0 Å². The molecule has 0 fully saturated rings. The minimum Gasteiger partial charge on any atom is -0.366 e. The molecule has 3 heteroatoms. The second-order valence-electron chi connectivity index (χ2n) is 4.58. The van der Waals surface area contributed by atoms with Gasteiger partial charge in [0.2, 0.25) is 0 Å². The summed E-state index contributed by atoms with van der Waals surface area (Å²) in [5.41, 5.74) is 4.15. The van der Waals surface area contributed by atoms with Gasteiger partial charge in [0, 0.05) is 10.7 Å². The van der Waals surface area contributed by atoms with Crippen LogP contribution in [0.4, 0.5) is 5.69 Å². The van der Waals surface area contributed by atoms with E-state index < -0.39 is 0 Å². The third-order valence-electron chi connectivity index (χ3n) is 3.00. The molecule has 0 spiro atoms. The molecule has 0 aliphatic heterocycles. The van der Waals surface area contributed by atoms with Crippen molar-refractivity contribution >= 4 is 17.3 Å². The first-order chi connectivity index (χ1) is 9.10. The minimum atomic E-state index is -0.376. The van der Waals surface area contributed by atoms with E-state index >= 15 is 0 Å². The van der Waals surface area contributed by atoms with E-state index in [9.17, 15) is 5.26 Å². The van der Waals surface area contributed by atoms with Crippen LogP contribution in [0.5, 0.6) is 0 Å². The monoisotopic (exact) mass is 270 g/mol. The van der Waals surface area contributed by atoms with E-state index in [0.717, 1.165) is 16.8 Å². The van der Waals surface area contributed by atoms with Crippen molar-refractivity contribution in [1.82, 2.24) is 0 Å². The van der Waals surface area contributed by atoms with Crippen LogP contribution in [0.25, 0.3) is 0 Å². The lowest BCUT2D eigenvalue weighted by Gasteiger charge is -2.16. The molecule has 19 heavy (non-hydrogen) atoms. The lowest BCUT2D eigenvalue weighted by molar-refractivity contribution is 0.979. The van der Waals surface area contributed by atoms with Gasteiger partial charge >= 0.3 is 0 Å². The lowest BCUT2D eigenvalue weighted by atomic mass is 10.00. The third-order valence-corrected chi connectivity index (χ3v) is 3.24. The standard InChI is InChI=1S/C16H15ClN2/c1-11-6-7-15(12(2)8-11)16(10-18)19-14-5-3-4-13(17)9-14/h3-9,16,19H,1-2H3. The van der Waals surface area contributed by atoms with Gasteiger partial charge in [-0.25, -0.2) is 0 Å². The van der Waals surface area contributed by atoms with Crippen LogP contribution < -0.4 is 5.32 Å². The molecule has 1 atom stereocenters. The fourth-order valence-corrected chi connectivity index (χ4v) is 2.26. The normalized spacial score (nSPS) is 11.7. The number of anilines is 1. The summed E-state index contributed by atoms with van der Waals surface area (Å²) in [6, 6.07) is 15.4. The second-order valence-corrected chi connectivity index (χ2v) is 5.01. The molecule has 2 aromatic carbocycles. The Morgan fingerprint density at radius 2 is 1.95 bits per heavy atom. The number of aryl methyl sites for hydroxylation is 2. The Balaban J connectivity index is 2.28. The van der Waals surface area contributed by atoms with Gasteiger partial charge in [0.25, 0.3) is 0 Å².